The van der Waals surface area contributed by atoms with Crippen molar-refractivity contribution >= 4 is 46.3 Å². The molecule has 1 saturated heterocycles. The zero-order valence-corrected chi connectivity index (χ0v) is 15.2. The molecule has 1 heterocycles. The summed E-state index contributed by atoms with van der Waals surface area (Å²) >= 11 is 6.42. The predicted molar refractivity (Wildman–Crippen MR) is 96.1 cm³/mol. The number of esters is 1. The van der Waals surface area contributed by atoms with Crippen molar-refractivity contribution in [3.63, 3.8) is 0 Å². The third kappa shape index (κ3) is 4.07. The summed E-state index contributed by atoms with van der Waals surface area (Å²) in [6.07, 6.45) is 1.80. The summed E-state index contributed by atoms with van der Waals surface area (Å²) in [6.45, 7) is 0.198. The SMILES string of the molecule is COC(=O)CCN1C(=O)/C(=C/c2cc(OC)ccc2OC)SC1=S. The second-order valence-electron chi connectivity index (χ2n) is 4.77. The smallest absolute Gasteiger partial charge is 0.307 e. The lowest BCUT2D eigenvalue weighted by Gasteiger charge is -2.13. The molecule has 1 amide bonds. The molecule has 0 bridgehead atoms. The summed E-state index contributed by atoms with van der Waals surface area (Å²) in [5.41, 5.74) is 0.713. The van der Waals surface area contributed by atoms with Crippen LogP contribution in [0, 0.1) is 0 Å². The monoisotopic (exact) mass is 367 g/mol. The molecular formula is C16H17NO5S2. The number of methoxy groups -OCH3 is 3. The molecule has 2 rings (SSSR count). The van der Waals surface area contributed by atoms with Crippen molar-refractivity contribution in [1.29, 1.82) is 0 Å². The molecule has 0 saturated carbocycles. The first-order valence-electron chi connectivity index (χ1n) is 7.04. The van der Waals surface area contributed by atoms with Crippen LogP contribution in [0.3, 0.4) is 0 Å². The number of nitrogens with zero attached hydrogens (tertiary/aromatic N) is 1. The molecule has 1 aromatic rings. The van der Waals surface area contributed by atoms with Gasteiger partial charge in [0.15, 0.2) is 0 Å². The second kappa shape index (κ2) is 8.16. The summed E-state index contributed by atoms with van der Waals surface area (Å²) in [5, 5.41) is 0. The van der Waals surface area contributed by atoms with Gasteiger partial charge >= 0.3 is 5.97 Å². The number of ether oxygens (including phenoxy) is 3. The number of hydrogen-bond acceptors (Lipinski definition) is 7. The number of carbonyl (C=O) groups excluding carboxylic acids is 2. The van der Waals surface area contributed by atoms with Gasteiger partial charge in [-0.05, 0) is 24.3 Å². The highest BCUT2D eigenvalue weighted by Gasteiger charge is 2.32. The summed E-state index contributed by atoms with van der Waals surface area (Å²) in [4.78, 5) is 25.6. The minimum atomic E-state index is -0.387. The molecule has 1 fully saturated rings. The number of thiocarbonyl (C=S) groups is 1. The molecule has 128 valence electrons. The molecule has 1 aromatic carbocycles. The van der Waals surface area contributed by atoms with Gasteiger partial charge in [-0.15, -0.1) is 0 Å². The highest BCUT2D eigenvalue weighted by atomic mass is 32.2. The van der Waals surface area contributed by atoms with Crippen LogP contribution in [0.25, 0.3) is 6.08 Å². The topological polar surface area (TPSA) is 65.1 Å². The Bertz CT molecular complexity index is 702. The molecule has 1 aliphatic heterocycles. The average molecular weight is 367 g/mol. The third-order valence-corrected chi connectivity index (χ3v) is 4.74. The molecule has 8 heteroatoms. The lowest BCUT2D eigenvalue weighted by atomic mass is 10.1. The Morgan fingerprint density at radius 2 is 2.04 bits per heavy atom. The van der Waals surface area contributed by atoms with Crippen molar-refractivity contribution < 1.29 is 23.8 Å². The van der Waals surface area contributed by atoms with E-state index in [-0.39, 0.29) is 24.8 Å². The van der Waals surface area contributed by atoms with Gasteiger partial charge < -0.3 is 14.2 Å². The van der Waals surface area contributed by atoms with Gasteiger partial charge in [-0.25, -0.2) is 0 Å². The predicted octanol–water partition coefficient (Wildman–Crippen LogP) is 2.47. The van der Waals surface area contributed by atoms with E-state index in [2.05, 4.69) is 4.74 Å². The lowest BCUT2D eigenvalue weighted by Crippen LogP contribution is -2.30. The summed E-state index contributed by atoms with van der Waals surface area (Å²) in [7, 11) is 4.43. The molecule has 0 aliphatic carbocycles. The van der Waals surface area contributed by atoms with E-state index in [1.807, 2.05) is 0 Å². The molecule has 0 N–H and O–H groups in total. The van der Waals surface area contributed by atoms with Crippen molar-refractivity contribution in [2.24, 2.45) is 0 Å². The van der Waals surface area contributed by atoms with Crippen molar-refractivity contribution in [1.82, 2.24) is 4.90 Å². The maximum atomic E-state index is 12.5. The molecule has 0 aromatic heterocycles. The highest BCUT2D eigenvalue weighted by molar-refractivity contribution is 8.26. The molecule has 0 atom stereocenters. The van der Waals surface area contributed by atoms with Gasteiger partial charge in [0.05, 0.1) is 32.7 Å². The fourth-order valence-corrected chi connectivity index (χ4v) is 3.39. The Morgan fingerprint density at radius 1 is 1.29 bits per heavy atom. The van der Waals surface area contributed by atoms with Gasteiger partial charge in [0.1, 0.15) is 15.8 Å². The van der Waals surface area contributed by atoms with Crippen LogP contribution in [0.5, 0.6) is 11.5 Å². The van der Waals surface area contributed by atoms with Gasteiger partial charge in [0, 0.05) is 12.1 Å². The number of benzene rings is 1. The van der Waals surface area contributed by atoms with Crippen molar-refractivity contribution in [2.45, 2.75) is 6.42 Å². The minimum Gasteiger partial charge on any atom is -0.497 e. The Hall–Kier alpha value is -2.06. The van der Waals surface area contributed by atoms with E-state index < -0.39 is 0 Å². The van der Waals surface area contributed by atoms with E-state index >= 15 is 0 Å². The van der Waals surface area contributed by atoms with Crippen LogP contribution < -0.4 is 9.47 Å². The molecule has 24 heavy (non-hydrogen) atoms. The zero-order valence-electron chi connectivity index (χ0n) is 13.5. The van der Waals surface area contributed by atoms with Crippen molar-refractivity contribution in [3.8, 4) is 11.5 Å². The Kier molecular flexibility index (Phi) is 6.22. The summed E-state index contributed by atoms with van der Waals surface area (Å²) in [5.74, 6) is 0.653. The minimum absolute atomic E-state index is 0.0959. The second-order valence-corrected chi connectivity index (χ2v) is 6.44. The first-order chi connectivity index (χ1) is 11.5. The third-order valence-electron chi connectivity index (χ3n) is 3.36. The standard InChI is InChI=1S/C16H17NO5S2/c1-20-11-4-5-12(21-2)10(8-11)9-13-15(19)17(16(23)24-13)7-6-14(18)22-3/h4-5,8-9H,6-7H2,1-3H3/b13-9-. The number of rotatable bonds is 6. The van der Waals surface area contributed by atoms with E-state index in [0.717, 1.165) is 0 Å². The molecular weight excluding hydrogens is 350 g/mol. The first-order valence-corrected chi connectivity index (χ1v) is 8.26. The maximum absolute atomic E-state index is 12.5. The van der Waals surface area contributed by atoms with Crippen molar-refractivity contribution in [3.05, 3.63) is 28.7 Å². The van der Waals surface area contributed by atoms with Crippen LogP contribution in [0.2, 0.25) is 0 Å². The molecule has 0 spiro atoms. The van der Waals surface area contributed by atoms with Crippen LogP contribution in [-0.4, -0.2) is 49.0 Å². The highest BCUT2D eigenvalue weighted by Crippen LogP contribution is 2.35. The Balaban J connectivity index is 2.23. The van der Waals surface area contributed by atoms with Gasteiger partial charge in [0.2, 0.25) is 0 Å². The normalized spacial score (nSPS) is 15.8. The molecule has 6 nitrogen and oxygen atoms in total. The summed E-state index contributed by atoms with van der Waals surface area (Å²) in [6, 6.07) is 5.32. The molecule has 1 aliphatic rings. The maximum Gasteiger partial charge on any atom is 0.307 e. The van der Waals surface area contributed by atoms with E-state index in [0.29, 0.717) is 26.3 Å². The zero-order chi connectivity index (χ0) is 17.7. The van der Waals surface area contributed by atoms with E-state index in [1.165, 1.54) is 23.8 Å². The van der Waals surface area contributed by atoms with Crippen LogP contribution >= 0.6 is 24.0 Å². The van der Waals surface area contributed by atoms with Crippen molar-refractivity contribution in [2.75, 3.05) is 27.9 Å². The fraction of sp³-hybridized carbons (Fsp3) is 0.312. The van der Waals surface area contributed by atoms with E-state index in [9.17, 15) is 9.59 Å². The van der Waals surface area contributed by atoms with Crippen LogP contribution in [0.15, 0.2) is 23.1 Å². The fourth-order valence-electron chi connectivity index (χ4n) is 2.09. The van der Waals surface area contributed by atoms with E-state index in [4.69, 9.17) is 21.7 Å². The number of amides is 1. The largest absolute Gasteiger partial charge is 0.497 e. The Morgan fingerprint density at radius 3 is 2.67 bits per heavy atom. The number of thioether (sulfide) groups is 1. The summed E-state index contributed by atoms with van der Waals surface area (Å²) < 4.78 is 15.5. The van der Waals surface area contributed by atoms with E-state index in [1.54, 1.807) is 38.5 Å². The van der Waals surface area contributed by atoms with Gasteiger partial charge in [-0.1, -0.05) is 24.0 Å². The van der Waals surface area contributed by atoms with Gasteiger partial charge in [-0.3, -0.25) is 14.5 Å². The number of hydrogen-bond donors (Lipinski definition) is 0. The van der Waals surface area contributed by atoms with Crippen LogP contribution in [-0.2, 0) is 14.3 Å². The first kappa shape index (κ1) is 18.3. The molecule has 0 unspecified atom stereocenters. The lowest BCUT2D eigenvalue weighted by molar-refractivity contribution is -0.140. The quantitative estimate of drug-likeness (QED) is 0.435. The van der Waals surface area contributed by atoms with Crippen LogP contribution in [0.1, 0.15) is 12.0 Å². The van der Waals surface area contributed by atoms with Crippen LogP contribution in [0.4, 0.5) is 0 Å². The number of carbonyl (C=O) groups is 2. The Labute approximate surface area is 149 Å². The van der Waals surface area contributed by atoms with Gasteiger partial charge in [-0.2, -0.15) is 0 Å². The van der Waals surface area contributed by atoms with Gasteiger partial charge in [0.25, 0.3) is 5.91 Å². The average Bonchev–Trinajstić information content (AvgIpc) is 2.86. The molecule has 0 radical (unpaired) electrons.